The van der Waals surface area contributed by atoms with Crippen LogP contribution >= 0.6 is 0 Å². The van der Waals surface area contributed by atoms with Crippen LogP contribution in [-0.4, -0.2) is 24.2 Å². The number of nitrogens with one attached hydrogen (secondary N) is 1. The summed E-state index contributed by atoms with van der Waals surface area (Å²) in [6.07, 6.45) is 1.88. The Morgan fingerprint density at radius 2 is 1.82 bits per heavy atom. The number of nitriles is 1. The van der Waals surface area contributed by atoms with E-state index < -0.39 is 0 Å². The maximum atomic E-state index is 10.2. The number of fused-ring (bicyclic) bond motifs is 2. The highest BCUT2D eigenvalue weighted by Gasteiger charge is 2.24. The van der Waals surface area contributed by atoms with Crippen molar-refractivity contribution in [3.63, 3.8) is 0 Å². The van der Waals surface area contributed by atoms with Gasteiger partial charge in [-0.3, -0.25) is 0 Å². The molecule has 1 aromatic heterocycles. The van der Waals surface area contributed by atoms with Gasteiger partial charge in [0.15, 0.2) is 11.5 Å². The smallest absolute Gasteiger partial charge is 0.161 e. The number of aryl methyl sites for hydroxylation is 1. The summed E-state index contributed by atoms with van der Waals surface area (Å²) in [5.41, 5.74) is 5.59. The number of rotatable bonds is 4. The first-order chi connectivity index (χ1) is 16.1. The fraction of sp³-hybridized carbons (Fsp3) is 0.111. The minimum Gasteiger partial charge on any atom is -0.493 e. The van der Waals surface area contributed by atoms with Crippen molar-refractivity contribution in [2.24, 2.45) is 0 Å². The molecular weight excluding hydrogens is 414 g/mol. The van der Waals surface area contributed by atoms with Crippen molar-refractivity contribution >= 4 is 27.9 Å². The summed E-state index contributed by atoms with van der Waals surface area (Å²) in [7, 11) is 3.19. The van der Waals surface area contributed by atoms with Crippen LogP contribution in [0.1, 0.15) is 22.5 Å². The van der Waals surface area contributed by atoms with E-state index in [9.17, 15) is 5.26 Å². The number of nitrogens with zero attached hydrogens (tertiary/aromatic N) is 2. The Hall–Kier alpha value is -4.50. The Labute approximate surface area is 191 Å². The molecule has 0 bridgehead atoms. The first-order valence-electron chi connectivity index (χ1n) is 10.4. The van der Waals surface area contributed by atoms with Crippen molar-refractivity contribution in [1.82, 2.24) is 9.97 Å². The van der Waals surface area contributed by atoms with Crippen molar-refractivity contribution in [2.45, 2.75) is 6.92 Å². The number of para-hydroxylation sites is 2. The number of hydrogen-bond acceptors (Lipinski definition) is 5. The largest absolute Gasteiger partial charge is 0.493 e. The van der Waals surface area contributed by atoms with Crippen molar-refractivity contribution < 1.29 is 14.2 Å². The number of aromatic nitrogens is 2. The molecule has 0 fully saturated rings. The van der Waals surface area contributed by atoms with E-state index in [0.29, 0.717) is 34.4 Å². The Balaban J connectivity index is 1.74. The van der Waals surface area contributed by atoms with Gasteiger partial charge in [-0.2, -0.15) is 5.26 Å². The van der Waals surface area contributed by atoms with E-state index in [1.165, 1.54) is 0 Å². The molecule has 5 rings (SSSR count). The highest BCUT2D eigenvalue weighted by molar-refractivity contribution is 6.05. The molecule has 0 spiro atoms. The first-order valence-corrected chi connectivity index (χ1v) is 10.4. The van der Waals surface area contributed by atoms with Crippen LogP contribution in [0.2, 0.25) is 0 Å². The molecule has 0 saturated heterocycles. The molecule has 0 saturated carbocycles. The summed E-state index contributed by atoms with van der Waals surface area (Å²) < 4.78 is 17.1. The predicted octanol–water partition coefficient (Wildman–Crippen LogP) is 5.76. The van der Waals surface area contributed by atoms with E-state index >= 15 is 0 Å². The summed E-state index contributed by atoms with van der Waals surface area (Å²) >= 11 is 0. The van der Waals surface area contributed by atoms with Gasteiger partial charge in [0.25, 0.3) is 0 Å². The van der Waals surface area contributed by atoms with Gasteiger partial charge in [0.2, 0.25) is 0 Å². The summed E-state index contributed by atoms with van der Waals surface area (Å²) in [5, 5.41) is 10.2. The quantitative estimate of drug-likeness (QED) is 0.413. The fourth-order valence-corrected chi connectivity index (χ4v) is 3.95. The Morgan fingerprint density at radius 3 is 2.58 bits per heavy atom. The average molecular weight is 435 g/mol. The number of methoxy groups -OCH3 is 2. The minimum absolute atomic E-state index is 0.444. The molecule has 6 nitrogen and oxygen atoms in total. The second-order valence-corrected chi connectivity index (χ2v) is 7.68. The van der Waals surface area contributed by atoms with Crippen LogP contribution in [0.25, 0.3) is 27.9 Å². The number of benzene rings is 3. The molecule has 0 atom stereocenters. The van der Waals surface area contributed by atoms with Crippen molar-refractivity contribution in [3.05, 3.63) is 89.3 Å². The van der Waals surface area contributed by atoms with E-state index in [0.717, 1.165) is 33.3 Å². The average Bonchev–Trinajstić information content (AvgIpc) is 3.28. The van der Waals surface area contributed by atoms with Gasteiger partial charge in [0.1, 0.15) is 29.0 Å². The van der Waals surface area contributed by atoms with Gasteiger partial charge in [-0.25, -0.2) is 4.98 Å². The van der Waals surface area contributed by atoms with Crippen molar-refractivity contribution in [2.75, 3.05) is 14.2 Å². The Kier molecular flexibility index (Phi) is 5.08. The lowest BCUT2D eigenvalue weighted by Gasteiger charge is -2.22. The number of ether oxygens (including phenoxy) is 3. The van der Waals surface area contributed by atoms with Crippen LogP contribution in [0.15, 0.2) is 66.7 Å². The zero-order chi connectivity index (χ0) is 22.9. The maximum absolute atomic E-state index is 10.2. The highest BCUT2D eigenvalue weighted by Crippen LogP contribution is 2.42. The molecule has 1 aliphatic rings. The molecule has 0 amide bonds. The second kappa shape index (κ2) is 8.21. The third-order valence-corrected chi connectivity index (χ3v) is 5.60. The van der Waals surface area contributed by atoms with Crippen LogP contribution in [0.4, 0.5) is 0 Å². The van der Waals surface area contributed by atoms with Crippen LogP contribution in [0, 0.1) is 18.3 Å². The molecule has 0 radical (unpaired) electrons. The monoisotopic (exact) mass is 435 g/mol. The van der Waals surface area contributed by atoms with Gasteiger partial charge in [-0.05, 0) is 55.5 Å². The van der Waals surface area contributed by atoms with E-state index in [1.807, 2.05) is 73.7 Å². The Morgan fingerprint density at radius 1 is 1.00 bits per heavy atom. The summed E-state index contributed by atoms with van der Waals surface area (Å²) in [4.78, 5) is 7.94. The third-order valence-electron chi connectivity index (χ3n) is 5.60. The van der Waals surface area contributed by atoms with Crippen LogP contribution in [0.3, 0.4) is 0 Å². The SMILES string of the molecule is COc1ccc(C2=C/C(=C(\C#N)c3nc4ccccc4[nH]3)c3cc(C)ccc3O2)cc1OC. The second-order valence-electron chi connectivity index (χ2n) is 7.68. The van der Waals surface area contributed by atoms with Crippen LogP contribution in [0.5, 0.6) is 17.2 Å². The lowest BCUT2D eigenvalue weighted by Crippen LogP contribution is -2.06. The summed E-state index contributed by atoms with van der Waals surface area (Å²) in [6.45, 7) is 2.01. The number of allylic oxidation sites excluding steroid dienone is 3. The normalized spacial score (nSPS) is 14.1. The number of imidazole rings is 1. The summed E-state index contributed by atoms with van der Waals surface area (Å²) in [5.74, 6) is 3.02. The van der Waals surface area contributed by atoms with E-state index in [1.54, 1.807) is 14.2 Å². The van der Waals surface area contributed by atoms with Gasteiger partial charge in [-0.15, -0.1) is 0 Å². The summed E-state index contributed by atoms with van der Waals surface area (Å²) in [6, 6.07) is 21.6. The molecule has 33 heavy (non-hydrogen) atoms. The molecule has 3 aromatic carbocycles. The zero-order valence-electron chi connectivity index (χ0n) is 18.5. The van der Waals surface area contributed by atoms with Crippen LogP contribution < -0.4 is 14.2 Å². The molecule has 0 aliphatic carbocycles. The predicted molar refractivity (Wildman–Crippen MR) is 128 cm³/mol. The van der Waals surface area contributed by atoms with Crippen molar-refractivity contribution in [3.8, 4) is 23.3 Å². The minimum atomic E-state index is 0.444. The lowest BCUT2D eigenvalue weighted by atomic mass is 9.94. The molecule has 1 aliphatic heterocycles. The van der Waals surface area contributed by atoms with Gasteiger partial charge in [-0.1, -0.05) is 23.8 Å². The highest BCUT2D eigenvalue weighted by atomic mass is 16.5. The molecule has 1 N–H and O–H groups in total. The van der Waals surface area contributed by atoms with E-state index in [2.05, 4.69) is 16.0 Å². The molecular formula is C27H21N3O3. The molecule has 6 heteroatoms. The van der Waals surface area contributed by atoms with E-state index in [-0.39, 0.29) is 0 Å². The van der Waals surface area contributed by atoms with Crippen molar-refractivity contribution in [1.29, 1.82) is 5.26 Å². The topological polar surface area (TPSA) is 80.2 Å². The zero-order valence-corrected chi connectivity index (χ0v) is 18.5. The molecule has 2 heterocycles. The van der Waals surface area contributed by atoms with Gasteiger partial charge >= 0.3 is 0 Å². The molecule has 0 unspecified atom stereocenters. The number of H-pyrrole nitrogens is 1. The van der Waals surface area contributed by atoms with Gasteiger partial charge in [0.05, 0.1) is 25.3 Å². The standard InChI is InChI=1S/C27H21N3O3/c1-16-8-10-23-19(12-16)18(20(15-28)27-29-21-6-4-5-7-22(21)30-27)14-25(33-23)17-9-11-24(31-2)26(13-17)32-3/h4-14H,1-3H3,(H,29,30)/b20-18-. The first kappa shape index (κ1) is 20.4. The van der Waals surface area contributed by atoms with Crippen LogP contribution in [-0.2, 0) is 0 Å². The number of aromatic amines is 1. The Bertz CT molecular complexity index is 1460. The molecule has 4 aromatic rings. The molecule has 162 valence electrons. The number of hydrogen-bond donors (Lipinski definition) is 1. The third kappa shape index (κ3) is 3.60. The lowest BCUT2D eigenvalue weighted by molar-refractivity contribution is 0.354. The van der Waals surface area contributed by atoms with Gasteiger partial charge < -0.3 is 19.2 Å². The van der Waals surface area contributed by atoms with Gasteiger partial charge in [0, 0.05) is 16.7 Å². The maximum Gasteiger partial charge on any atom is 0.161 e. The fourth-order valence-electron chi connectivity index (χ4n) is 3.95. The van der Waals surface area contributed by atoms with E-state index in [4.69, 9.17) is 14.2 Å².